The fourth-order valence-electron chi connectivity index (χ4n) is 2.23. The lowest BCUT2D eigenvalue weighted by Gasteiger charge is -2.10. The van der Waals surface area contributed by atoms with Gasteiger partial charge in [-0.05, 0) is 25.0 Å². The first-order valence-corrected chi connectivity index (χ1v) is 7.03. The van der Waals surface area contributed by atoms with E-state index >= 15 is 0 Å². The Kier molecular flexibility index (Phi) is 5.39. The molecule has 0 unspecified atom stereocenters. The molecule has 1 aromatic rings. The third-order valence-corrected chi connectivity index (χ3v) is 3.43. The number of rotatable bonds is 5. The molecular weight excluding hydrogens is 284 g/mol. The highest BCUT2D eigenvalue weighted by Crippen LogP contribution is 2.30. The molecular formula is C16H18N2O4. The number of phenolic OH excluding ortho intramolecular Hbond substituents is 1. The van der Waals surface area contributed by atoms with Gasteiger partial charge in [-0.1, -0.05) is 12.1 Å². The van der Waals surface area contributed by atoms with Gasteiger partial charge in [0.25, 0.3) is 5.91 Å². The van der Waals surface area contributed by atoms with Crippen LogP contribution in [0.1, 0.15) is 18.4 Å². The molecule has 22 heavy (non-hydrogen) atoms. The minimum absolute atomic E-state index is 0.00844. The van der Waals surface area contributed by atoms with Gasteiger partial charge in [-0.15, -0.1) is 0 Å². The second kappa shape index (κ2) is 7.48. The third-order valence-electron chi connectivity index (χ3n) is 3.43. The number of ether oxygens (including phenoxy) is 2. The summed E-state index contributed by atoms with van der Waals surface area (Å²) in [4.78, 5) is 12.0. The quantitative estimate of drug-likeness (QED) is 0.637. The molecule has 0 saturated carbocycles. The second-order valence-corrected chi connectivity index (χ2v) is 4.91. The highest BCUT2D eigenvalue weighted by molar-refractivity contribution is 6.02. The molecule has 0 bridgehead atoms. The molecule has 1 atom stereocenters. The number of aromatic hydroxyl groups is 1. The summed E-state index contributed by atoms with van der Waals surface area (Å²) < 4.78 is 10.4. The molecule has 1 amide bonds. The van der Waals surface area contributed by atoms with Gasteiger partial charge in [0.05, 0.1) is 13.2 Å². The van der Waals surface area contributed by atoms with E-state index in [4.69, 9.17) is 14.7 Å². The van der Waals surface area contributed by atoms with Crippen molar-refractivity contribution in [2.24, 2.45) is 0 Å². The number of carbonyl (C=O) groups excluding carboxylic acids is 1. The zero-order valence-electron chi connectivity index (χ0n) is 12.3. The minimum Gasteiger partial charge on any atom is -0.504 e. The van der Waals surface area contributed by atoms with Crippen LogP contribution < -0.4 is 10.1 Å². The lowest BCUT2D eigenvalue weighted by atomic mass is 10.1. The average molecular weight is 302 g/mol. The Morgan fingerprint density at radius 3 is 3.09 bits per heavy atom. The van der Waals surface area contributed by atoms with Crippen LogP contribution >= 0.6 is 0 Å². The van der Waals surface area contributed by atoms with Crippen LogP contribution in [-0.2, 0) is 9.53 Å². The predicted molar refractivity (Wildman–Crippen MR) is 80.2 cm³/mol. The van der Waals surface area contributed by atoms with Gasteiger partial charge in [0, 0.05) is 18.7 Å². The molecule has 1 aliphatic heterocycles. The predicted octanol–water partition coefficient (Wildman–Crippen LogP) is 1.60. The van der Waals surface area contributed by atoms with Gasteiger partial charge in [-0.3, -0.25) is 4.79 Å². The van der Waals surface area contributed by atoms with E-state index in [2.05, 4.69) is 5.32 Å². The summed E-state index contributed by atoms with van der Waals surface area (Å²) in [7, 11) is 1.43. The van der Waals surface area contributed by atoms with Crippen molar-refractivity contribution in [3.8, 4) is 17.6 Å². The van der Waals surface area contributed by atoms with Crippen molar-refractivity contribution in [2.45, 2.75) is 18.9 Å². The first kappa shape index (κ1) is 15.9. The van der Waals surface area contributed by atoms with Crippen LogP contribution in [0.2, 0.25) is 0 Å². The van der Waals surface area contributed by atoms with Crippen molar-refractivity contribution < 1.29 is 19.4 Å². The van der Waals surface area contributed by atoms with Crippen LogP contribution in [0.25, 0.3) is 6.08 Å². The van der Waals surface area contributed by atoms with Crippen molar-refractivity contribution in [3.63, 3.8) is 0 Å². The topological polar surface area (TPSA) is 91.6 Å². The van der Waals surface area contributed by atoms with Crippen molar-refractivity contribution in [1.29, 1.82) is 5.26 Å². The number of nitriles is 1. The molecule has 0 spiro atoms. The van der Waals surface area contributed by atoms with Gasteiger partial charge in [0.1, 0.15) is 11.6 Å². The number of methoxy groups -OCH3 is 1. The van der Waals surface area contributed by atoms with Gasteiger partial charge < -0.3 is 19.9 Å². The van der Waals surface area contributed by atoms with E-state index in [1.54, 1.807) is 18.2 Å². The molecule has 2 N–H and O–H groups in total. The standard InChI is InChI=1S/C16H18N2O4/c1-21-14-6-2-4-11(15(14)19)8-12(9-17)16(20)18-10-13-5-3-7-22-13/h2,4,6,8,13,19H,3,5,7,10H2,1H3,(H,18,20)/b12-8+/t13-/m1/s1. The van der Waals surface area contributed by atoms with Gasteiger partial charge in [-0.25, -0.2) is 0 Å². The Morgan fingerprint density at radius 2 is 2.45 bits per heavy atom. The van der Waals surface area contributed by atoms with E-state index in [0.29, 0.717) is 18.7 Å². The molecule has 6 heteroatoms. The number of hydrogen-bond acceptors (Lipinski definition) is 5. The van der Waals surface area contributed by atoms with E-state index in [9.17, 15) is 9.90 Å². The molecule has 0 aliphatic carbocycles. The van der Waals surface area contributed by atoms with E-state index in [1.807, 2.05) is 6.07 Å². The number of para-hydroxylation sites is 1. The summed E-state index contributed by atoms with van der Waals surface area (Å²) in [6.45, 7) is 1.08. The Morgan fingerprint density at radius 1 is 1.64 bits per heavy atom. The van der Waals surface area contributed by atoms with Crippen LogP contribution in [-0.4, -0.2) is 37.4 Å². The van der Waals surface area contributed by atoms with Crippen LogP contribution in [0, 0.1) is 11.3 Å². The molecule has 1 saturated heterocycles. The SMILES string of the molecule is COc1cccc(/C=C(\C#N)C(=O)NC[C@H]2CCCO2)c1O. The zero-order valence-corrected chi connectivity index (χ0v) is 12.3. The molecule has 1 aromatic carbocycles. The number of nitrogens with zero attached hydrogens (tertiary/aromatic N) is 1. The number of benzene rings is 1. The molecule has 1 heterocycles. The molecule has 6 nitrogen and oxygen atoms in total. The van der Waals surface area contributed by atoms with Crippen molar-refractivity contribution in [2.75, 3.05) is 20.3 Å². The largest absolute Gasteiger partial charge is 0.504 e. The highest BCUT2D eigenvalue weighted by Gasteiger charge is 2.18. The third kappa shape index (κ3) is 3.77. The molecule has 0 aromatic heterocycles. The van der Waals surface area contributed by atoms with Crippen molar-refractivity contribution in [3.05, 3.63) is 29.3 Å². The molecule has 116 valence electrons. The Labute approximate surface area is 129 Å². The monoisotopic (exact) mass is 302 g/mol. The first-order valence-electron chi connectivity index (χ1n) is 7.03. The molecule has 2 rings (SSSR count). The summed E-state index contributed by atoms with van der Waals surface area (Å²) >= 11 is 0. The van der Waals surface area contributed by atoms with Crippen LogP contribution in [0.3, 0.4) is 0 Å². The highest BCUT2D eigenvalue weighted by atomic mass is 16.5. The number of amides is 1. The normalized spacial score (nSPS) is 17.8. The maximum atomic E-state index is 12.0. The summed E-state index contributed by atoms with van der Waals surface area (Å²) in [5, 5.41) is 21.8. The van der Waals surface area contributed by atoms with Crippen molar-refractivity contribution >= 4 is 12.0 Å². The van der Waals surface area contributed by atoms with Crippen LogP contribution in [0.15, 0.2) is 23.8 Å². The van der Waals surface area contributed by atoms with Crippen molar-refractivity contribution in [1.82, 2.24) is 5.32 Å². The van der Waals surface area contributed by atoms with Gasteiger partial charge in [0.2, 0.25) is 0 Å². The smallest absolute Gasteiger partial charge is 0.262 e. The maximum absolute atomic E-state index is 12.0. The maximum Gasteiger partial charge on any atom is 0.262 e. The summed E-state index contributed by atoms with van der Waals surface area (Å²) in [5.41, 5.74) is 0.268. The number of hydrogen-bond donors (Lipinski definition) is 2. The summed E-state index contributed by atoms with van der Waals surface area (Å²) in [6.07, 6.45) is 3.24. The van der Waals surface area contributed by atoms with Gasteiger partial charge >= 0.3 is 0 Å². The van der Waals surface area contributed by atoms with E-state index in [-0.39, 0.29) is 23.2 Å². The Balaban J connectivity index is 2.09. The minimum atomic E-state index is -0.486. The second-order valence-electron chi connectivity index (χ2n) is 4.91. The van der Waals surface area contributed by atoms with Gasteiger partial charge in [-0.2, -0.15) is 5.26 Å². The van der Waals surface area contributed by atoms with E-state index in [1.165, 1.54) is 13.2 Å². The summed E-state index contributed by atoms with van der Waals surface area (Å²) in [5.74, 6) is -0.310. The fraction of sp³-hybridized carbons (Fsp3) is 0.375. The molecule has 1 fully saturated rings. The Hall–Kier alpha value is -2.52. The van der Waals surface area contributed by atoms with E-state index < -0.39 is 5.91 Å². The summed E-state index contributed by atoms with van der Waals surface area (Å²) in [6, 6.07) is 6.71. The number of phenols is 1. The zero-order chi connectivity index (χ0) is 15.9. The first-order chi connectivity index (χ1) is 10.7. The van der Waals surface area contributed by atoms with E-state index in [0.717, 1.165) is 12.8 Å². The van der Waals surface area contributed by atoms with Gasteiger partial charge in [0.15, 0.2) is 11.5 Å². The molecule has 0 radical (unpaired) electrons. The number of carbonyl (C=O) groups is 1. The molecule has 1 aliphatic rings. The average Bonchev–Trinajstić information content (AvgIpc) is 3.05. The van der Waals surface area contributed by atoms with Crippen LogP contribution in [0.4, 0.5) is 0 Å². The lowest BCUT2D eigenvalue weighted by Crippen LogP contribution is -2.32. The Bertz CT molecular complexity index is 613. The lowest BCUT2D eigenvalue weighted by molar-refractivity contribution is -0.117. The fourth-order valence-corrected chi connectivity index (χ4v) is 2.23. The van der Waals surface area contributed by atoms with Crippen LogP contribution in [0.5, 0.6) is 11.5 Å². The number of nitrogens with one attached hydrogen (secondary N) is 1.